The third-order valence-corrected chi connectivity index (χ3v) is 5.75. The van der Waals surface area contributed by atoms with Gasteiger partial charge in [-0.3, -0.25) is 14.7 Å². The van der Waals surface area contributed by atoms with Crippen LogP contribution >= 0.6 is 11.6 Å². The van der Waals surface area contributed by atoms with Crippen molar-refractivity contribution in [3.05, 3.63) is 88.8 Å². The molecule has 148 valence electrons. The normalized spacial score (nSPS) is 19.4. The van der Waals surface area contributed by atoms with Gasteiger partial charge in [0.05, 0.1) is 5.69 Å². The van der Waals surface area contributed by atoms with E-state index in [1.807, 2.05) is 35.2 Å². The van der Waals surface area contributed by atoms with Crippen molar-refractivity contribution in [1.82, 2.24) is 9.88 Å². The maximum Gasteiger partial charge on any atom is 0.320 e. The Bertz CT molecular complexity index is 1030. The summed E-state index contributed by atoms with van der Waals surface area (Å²) in [4.78, 5) is 18.2. The van der Waals surface area contributed by atoms with Crippen LogP contribution in [-0.2, 0) is 11.3 Å². The van der Waals surface area contributed by atoms with E-state index in [1.165, 1.54) is 6.07 Å². The molecule has 0 saturated carbocycles. The van der Waals surface area contributed by atoms with E-state index in [-0.39, 0.29) is 11.9 Å². The number of rotatable bonds is 5. The van der Waals surface area contributed by atoms with Crippen LogP contribution in [0.25, 0.3) is 11.3 Å². The molecule has 0 spiro atoms. The van der Waals surface area contributed by atoms with Crippen LogP contribution < -0.4 is 0 Å². The fourth-order valence-corrected chi connectivity index (χ4v) is 4.25. The first-order chi connectivity index (χ1) is 14.0. The molecule has 6 heteroatoms. The molecule has 1 aromatic heterocycles. The van der Waals surface area contributed by atoms with E-state index in [1.54, 1.807) is 30.5 Å². The number of aliphatic carboxylic acids is 1. The molecule has 2 aromatic carbocycles. The summed E-state index contributed by atoms with van der Waals surface area (Å²) in [5.74, 6) is -1.16. The molecule has 1 aliphatic heterocycles. The number of carbonyl (C=O) groups is 1. The van der Waals surface area contributed by atoms with Crippen molar-refractivity contribution in [1.29, 1.82) is 0 Å². The van der Waals surface area contributed by atoms with Crippen molar-refractivity contribution in [3.8, 4) is 11.3 Å². The van der Waals surface area contributed by atoms with Gasteiger partial charge in [-0.2, -0.15) is 0 Å². The zero-order chi connectivity index (χ0) is 20.4. The minimum absolute atomic E-state index is 0.0731. The number of hydrogen-bond acceptors (Lipinski definition) is 3. The SMILES string of the molecule is O=C(O)[C@@H]1CC[C@H](c2ccccc2Cl)N1Cc1ccc(-c2ccccc2F)nc1. The first kappa shape index (κ1) is 19.6. The highest BCUT2D eigenvalue weighted by Gasteiger charge is 2.39. The van der Waals surface area contributed by atoms with E-state index in [9.17, 15) is 14.3 Å². The van der Waals surface area contributed by atoms with Gasteiger partial charge in [0.1, 0.15) is 11.9 Å². The minimum atomic E-state index is -0.838. The summed E-state index contributed by atoms with van der Waals surface area (Å²) >= 11 is 6.38. The van der Waals surface area contributed by atoms with Crippen LogP contribution in [0.1, 0.15) is 30.0 Å². The average Bonchev–Trinajstić information content (AvgIpc) is 3.13. The van der Waals surface area contributed by atoms with Gasteiger partial charge < -0.3 is 5.11 Å². The third kappa shape index (κ3) is 4.02. The quantitative estimate of drug-likeness (QED) is 0.617. The van der Waals surface area contributed by atoms with Crippen molar-refractivity contribution >= 4 is 17.6 Å². The Morgan fingerprint density at radius 3 is 2.55 bits per heavy atom. The van der Waals surface area contributed by atoms with Crippen LogP contribution in [0.15, 0.2) is 66.9 Å². The Morgan fingerprint density at radius 2 is 1.86 bits per heavy atom. The molecule has 0 amide bonds. The molecule has 0 unspecified atom stereocenters. The van der Waals surface area contributed by atoms with E-state index in [4.69, 9.17) is 11.6 Å². The molecule has 2 heterocycles. The van der Waals surface area contributed by atoms with Crippen LogP contribution in [0.3, 0.4) is 0 Å². The van der Waals surface area contributed by atoms with Gasteiger partial charge in [-0.05, 0) is 48.2 Å². The summed E-state index contributed by atoms with van der Waals surface area (Å²) in [5, 5.41) is 10.3. The monoisotopic (exact) mass is 410 g/mol. The molecule has 1 aliphatic rings. The second kappa shape index (κ2) is 8.31. The summed E-state index contributed by atoms with van der Waals surface area (Å²) in [5.41, 5.74) is 2.80. The predicted octanol–water partition coefficient (Wildman–Crippen LogP) is 5.33. The average molecular weight is 411 g/mol. The molecular weight excluding hydrogens is 391 g/mol. The van der Waals surface area contributed by atoms with Gasteiger partial charge in [0, 0.05) is 29.4 Å². The van der Waals surface area contributed by atoms with E-state index < -0.39 is 12.0 Å². The number of benzene rings is 2. The van der Waals surface area contributed by atoms with Crippen LogP contribution in [0.4, 0.5) is 4.39 Å². The second-order valence-electron chi connectivity index (χ2n) is 7.17. The predicted molar refractivity (Wildman–Crippen MR) is 110 cm³/mol. The van der Waals surface area contributed by atoms with Gasteiger partial charge in [0.25, 0.3) is 0 Å². The standard InChI is InChI=1S/C23H20ClFN2O2/c24-18-7-3-1-5-16(18)21-11-12-22(23(28)29)27(21)14-15-9-10-20(26-13-15)17-6-2-4-8-19(17)25/h1-10,13,21-22H,11-12,14H2,(H,28,29)/t21-,22+/m1/s1. The lowest BCUT2D eigenvalue weighted by Gasteiger charge is -2.29. The minimum Gasteiger partial charge on any atom is -0.480 e. The number of carboxylic acids is 1. The van der Waals surface area contributed by atoms with Crippen LogP contribution in [-0.4, -0.2) is 27.0 Å². The van der Waals surface area contributed by atoms with Crippen molar-refractivity contribution in [2.75, 3.05) is 0 Å². The number of halogens is 2. The molecule has 0 radical (unpaired) electrons. The number of hydrogen-bond donors (Lipinski definition) is 1. The summed E-state index contributed by atoms with van der Waals surface area (Å²) in [6.45, 7) is 0.428. The summed E-state index contributed by atoms with van der Waals surface area (Å²) < 4.78 is 14.0. The highest BCUT2D eigenvalue weighted by atomic mass is 35.5. The van der Waals surface area contributed by atoms with Crippen molar-refractivity contribution < 1.29 is 14.3 Å². The van der Waals surface area contributed by atoms with Crippen molar-refractivity contribution in [3.63, 3.8) is 0 Å². The summed E-state index contributed by atoms with van der Waals surface area (Å²) in [6, 6.07) is 17.0. The molecule has 29 heavy (non-hydrogen) atoms. The molecular formula is C23H20ClFN2O2. The van der Waals surface area contributed by atoms with E-state index in [2.05, 4.69) is 4.98 Å². The van der Waals surface area contributed by atoms with Crippen LogP contribution in [0.2, 0.25) is 5.02 Å². The van der Waals surface area contributed by atoms with Gasteiger partial charge >= 0.3 is 5.97 Å². The largest absolute Gasteiger partial charge is 0.480 e. The maximum atomic E-state index is 14.0. The Hall–Kier alpha value is -2.76. The number of likely N-dealkylation sites (tertiary alicyclic amines) is 1. The molecule has 4 nitrogen and oxygen atoms in total. The number of pyridine rings is 1. The molecule has 0 aliphatic carbocycles. The molecule has 1 fully saturated rings. The summed E-state index contributed by atoms with van der Waals surface area (Å²) in [6.07, 6.45) is 2.97. The second-order valence-corrected chi connectivity index (χ2v) is 7.58. The zero-order valence-corrected chi connectivity index (χ0v) is 16.4. The number of carboxylic acid groups (broad SMARTS) is 1. The third-order valence-electron chi connectivity index (χ3n) is 5.40. The van der Waals surface area contributed by atoms with Gasteiger partial charge in [-0.25, -0.2) is 4.39 Å². The number of aromatic nitrogens is 1. The molecule has 2 atom stereocenters. The molecule has 3 aromatic rings. The highest BCUT2D eigenvalue weighted by molar-refractivity contribution is 6.31. The Labute approximate surface area is 173 Å². The maximum absolute atomic E-state index is 14.0. The molecule has 1 saturated heterocycles. The zero-order valence-electron chi connectivity index (χ0n) is 15.6. The van der Waals surface area contributed by atoms with Crippen LogP contribution in [0, 0.1) is 5.82 Å². The van der Waals surface area contributed by atoms with Crippen molar-refractivity contribution in [2.24, 2.45) is 0 Å². The van der Waals surface area contributed by atoms with Crippen LogP contribution in [0.5, 0.6) is 0 Å². The highest BCUT2D eigenvalue weighted by Crippen LogP contribution is 2.40. The van der Waals surface area contributed by atoms with Gasteiger partial charge in [-0.1, -0.05) is 48.0 Å². The molecule has 0 bridgehead atoms. The fraction of sp³-hybridized carbons (Fsp3) is 0.217. The van der Waals surface area contributed by atoms with Gasteiger partial charge in [0.15, 0.2) is 0 Å². The van der Waals surface area contributed by atoms with E-state index >= 15 is 0 Å². The molecule has 1 N–H and O–H groups in total. The lowest BCUT2D eigenvalue weighted by molar-refractivity contribution is -0.142. The first-order valence-electron chi connectivity index (χ1n) is 9.47. The topological polar surface area (TPSA) is 53.4 Å². The van der Waals surface area contributed by atoms with Crippen molar-refractivity contribution in [2.45, 2.75) is 31.5 Å². The Kier molecular flexibility index (Phi) is 5.60. The van der Waals surface area contributed by atoms with E-state index in [0.29, 0.717) is 29.2 Å². The van der Waals surface area contributed by atoms with E-state index in [0.717, 1.165) is 17.5 Å². The Balaban J connectivity index is 1.60. The van der Waals surface area contributed by atoms with Gasteiger partial charge in [-0.15, -0.1) is 0 Å². The first-order valence-corrected chi connectivity index (χ1v) is 9.85. The summed E-state index contributed by atoms with van der Waals surface area (Å²) in [7, 11) is 0. The lowest BCUT2D eigenvalue weighted by Crippen LogP contribution is -2.37. The molecule has 4 rings (SSSR count). The van der Waals surface area contributed by atoms with Gasteiger partial charge in [0.2, 0.25) is 0 Å². The fourth-order valence-electron chi connectivity index (χ4n) is 3.99. The number of nitrogens with zero attached hydrogens (tertiary/aromatic N) is 2. The lowest BCUT2D eigenvalue weighted by atomic mass is 10.0. The smallest absolute Gasteiger partial charge is 0.320 e. The Morgan fingerprint density at radius 1 is 1.10 bits per heavy atom.